The van der Waals surface area contributed by atoms with Crippen LogP contribution in [0.25, 0.3) is 11.1 Å². The van der Waals surface area contributed by atoms with Crippen molar-refractivity contribution in [3.63, 3.8) is 0 Å². The van der Waals surface area contributed by atoms with Gasteiger partial charge in [-0.05, 0) is 42.2 Å². The Morgan fingerprint density at radius 1 is 1.24 bits per heavy atom. The van der Waals surface area contributed by atoms with E-state index in [2.05, 4.69) is 0 Å². The van der Waals surface area contributed by atoms with Crippen LogP contribution in [-0.2, 0) is 21.2 Å². The molecule has 7 heteroatoms. The van der Waals surface area contributed by atoms with E-state index in [1.807, 2.05) is 6.92 Å². The Hall–Kier alpha value is -2.41. The highest BCUT2D eigenvalue weighted by atomic mass is 32.2. The van der Waals surface area contributed by atoms with Crippen LogP contribution < -0.4 is 4.31 Å². The summed E-state index contributed by atoms with van der Waals surface area (Å²) in [6, 6.07) is 9.47. The van der Waals surface area contributed by atoms with Crippen LogP contribution >= 0.6 is 0 Å². The molecule has 25 heavy (non-hydrogen) atoms. The second kappa shape index (κ2) is 6.48. The van der Waals surface area contributed by atoms with Crippen LogP contribution in [0, 0.1) is 12.7 Å². The lowest BCUT2D eigenvalue weighted by Crippen LogP contribution is -2.25. The SMILES string of the molecule is Cc1ccc(-c2ccc(CC(=O)O)cc2F)cc1N1CCCS1(=O)=O. The van der Waals surface area contributed by atoms with E-state index in [1.54, 1.807) is 24.3 Å². The summed E-state index contributed by atoms with van der Waals surface area (Å²) in [5.41, 5.74) is 2.61. The molecule has 0 radical (unpaired) electrons. The maximum atomic E-state index is 14.4. The Morgan fingerprint density at radius 3 is 2.60 bits per heavy atom. The van der Waals surface area contributed by atoms with E-state index >= 15 is 0 Å². The van der Waals surface area contributed by atoms with Gasteiger partial charge in [-0.3, -0.25) is 9.10 Å². The van der Waals surface area contributed by atoms with E-state index < -0.39 is 21.8 Å². The van der Waals surface area contributed by atoms with Gasteiger partial charge >= 0.3 is 5.97 Å². The smallest absolute Gasteiger partial charge is 0.307 e. The molecule has 0 amide bonds. The van der Waals surface area contributed by atoms with E-state index in [1.165, 1.54) is 16.4 Å². The number of halogens is 1. The molecule has 2 aromatic rings. The number of carbonyl (C=O) groups is 1. The molecule has 0 aromatic heterocycles. The number of rotatable bonds is 4. The highest BCUT2D eigenvalue weighted by molar-refractivity contribution is 7.93. The highest BCUT2D eigenvalue weighted by Gasteiger charge is 2.29. The summed E-state index contributed by atoms with van der Waals surface area (Å²) in [6.07, 6.45) is 0.326. The Balaban J connectivity index is 2.02. The molecule has 0 aliphatic carbocycles. The standard InChI is InChI=1S/C18H18FNO4S/c1-12-3-5-14(11-17(12)20-7-2-8-25(20,23)24)15-6-4-13(9-16(15)19)10-18(21)22/h3-6,9,11H,2,7-8,10H2,1H3,(H,21,22). The molecular formula is C18H18FNO4S. The lowest BCUT2D eigenvalue weighted by Gasteiger charge is -2.20. The average molecular weight is 363 g/mol. The molecule has 1 fully saturated rings. The summed E-state index contributed by atoms with van der Waals surface area (Å²) in [5.74, 6) is -1.43. The fraction of sp³-hybridized carbons (Fsp3) is 0.278. The van der Waals surface area contributed by atoms with Crippen molar-refractivity contribution in [1.29, 1.82) is 0 Å². The Kier molecular flexibility index (Phi) is 4.51. The van der Waals surface area contributed by atoms with Gasteiger partial charge in [0.2, 0.25) is 10.0 Å². The van der Waals surface area contributed by atoms with Crippen LogP contribution in [0.3, 0.4) is 0 Å². The van der Waals surface area contributed by atoms with Crippen LogP contribution in [0.2, 0.25) is 0 Å². The number of aryl methyl sites for hydroxylation is 1. The van der Waals surface area contributed by atoms with Gasteiger partial charge in [0.15, 0.2) is 0 Å². The number of nitrogens with zero attached hydrogens (tertiary/aromatic N) is 1. The third kappa shape index (κ3) is 3.51. The van der Waals surface area contributed by atoms with Crippen molar-refractivity contribution in [3.05, 3.63) is 53.3 Å². The van der Waals surface area contributed by atoms with Crippen molar-refractivity contribution >= 4 is 21.7 Å². The zero-order chi connectivity index (χ0) is 18.2. The largest absolute Gasteiger partial charge is 0.481 e. The van der Waals surface area contributed by atoms with Crippen molar-refractivity contribution in [2.45, 2.75) is 19.8 Å². The van der Waals surface area contributed by atoms with Crippen LogP contribution in [-0.4, -0.2) is 31.8 Å². The van der Waals surface area contributed by atoms with Crippen molar-refractivity contribution in [2.24, 2.45) is 0 Å². The van der Waals surface area contributed by atoms with Gasteiger partial charge in [-0.25, -0.2) is 12.8 Å². The Morgan fingerprint density at radius 2 is 2.00 bits per heavy atom. The van der Waals surface area contributed by atoms with Gasteiger partial charge in [-0.2, -0.15) is 0 Å². The molecule has 1 aliphatic rings. The molecule has 0 saturated carbocycles. The summed E-state index contributed by atoms with van der Waals surface area (Å²) >= 11 is 0. The first-order valence-electron chi connectivity index (χ1n) is 7.89. The molecule has 132 valence electrons. The van der Waals surface area contributed by atoms with Gasteiger partial charge in [0.1, 0.15) is 5.82 Å². The monoisotopic (exact) mass is 363 g/mol. The first-order valence-corrected chi connectivity index (χ1v) is 9.50. The molecule has 0 atom stereocenters. The predicted molar refractivity (Wildman–Crippen MR) is 93.7 cm³/mol. The summed E-state index contributed by atoms with van der Waals surface area (Å²) < 4.78 is 40.1. The van der Waals surface area contributed by atoms with Crippen molar-refractivity contribution in [3.8, 4) is 11.1 Å². The number of carboxylic acids is 1. The summed E-state index contributed by atoms with van der Waals surface area (Å²) in [6.45, 7) is 2.24. The quantitative estimate of drug-likeness (QED) is 0.906. The zero-order valence-electron chi connectivity index (χ0n) is 13.7. The molecule has 0 bridgehead atoms. The molecule has 3 rings (SSSR count). The summed E-state index contributed by atoms with van der Waals surface area (Å²) in [7, 11) is -3.32. The lowest BCUT2D eigenvalue weighted by molar-refractivity contribution is -0.136. The van der Waals surface area contributed by atoms with Crippen LogP contribution in [0.1, 0.15) is 17.5 Å². The second-order valence-electron chi connectivity index (χ2n) is 6.13. The minimum Gasteiger partial charge on any atom is -0.481 e. The first kappa shape index (κ1) is 17.4. The molecule has 1 saturated heterocycles. The van der Waals surface area contributed by atoms with Crippen LogP contribution in [0.15, 0.2) is 36.4 Å². The number of carboxylic acid groups (broad SMARTS) is 1. The minimum absolute atomic E-state index is 0.120. The Bertz CT molecular complexity index is 940. The number of anilines is 1. The lowest BCUT2D eigenvalue weighted by atomic mass is 10.00. The van der Waals surface area contributed by atoms with Crippen LogP contribution in [0.4, 0.5) is 10.1 Å². The van der Waals surface area contributed by atoms with Crippen LogP contribution in [0.5, 0.6) is 0 Å². The maximum Gasteiger partial charge on any atom is 0.307 e. The normalized spacial score (nSPS) is 16.2. The fourth-order valence-corrected chi connectivity index (χ4v) is 4.65. The van der Waals surface area contributed by atoms with E-state index in [0.717, 1.165) is 5.56 Å². The van der Waals surface area contributed by atoms with Gasteiger partial charge in [0, 0.05) is 12.1 Å². The molecule has 2 aromatic carbocycles. The third-order valence-electron chi connectivity index (χ3n) is 4.28. The number of hydrogen-bond acceptors (Lipinski definition) is 3. The van der Waals surface area contributed by atoms with E-state index in [9.17, 15) is 17.6 Å². The number of hydrogen-bond donors (Lipinski definition) is 1. The molecule has 0 unspecified atom stereocenters. The topological polar surface area (TPSA) is 74.7 Å². The zero-order valence-corrected chi connectivity index (χ0v) is 14.5. The first-order chi connectivity index (χ1) is 11.8. The van der Waals surface area contributed by atoms with E-state index in [4.69, 9.17) is 5.11 Å². The van der Waals surface area contributed by atoms with Gasteiger partial charge in [-0.15, -0.1) is 0 Å². The van der Waals surface area contributed by atoms with Crippen molar-refractivity contribution in [2.75, 3.05) is 16.6 Å². The van der Waals surface area contributed by atoms with Crippen molar-refractivity contribution in [1.82, 2.24) is 0 Å². The number of benzene rings is 2. The molecular weight excluding hydrogens is 345 g/mol. The summed E-state index contributed by atoms with van der Waals surface area (Å²) in [5, 5.41) is 8.80. The fourth-order valence-electron chi connectivity index (χ4n) is 3.03. The number of sulfonamides is 1. The summed E-state index contributed by atoms with van der Waals surface area (Å²) in [4.78, 5) is 10.7. The van der Waals surface area contributed by atoms with Crippen molar-refractivity contribution < 1.29 is 22.7 Å². The predicted octanol–water partition coefficient (Wildman–Crippen LogP) is 2.97. The molecule has 1 heterocycles. The average Bonchev–Trinajstić information content (AvgIpc) is 2.87. The molecule has 1 aliphatic heterocycles. The van der Waals surface area contributed by atoms with E-state index in [0.29, 0.717) is 35.3 Å². The third-order valence-corrected chi connectivity index (χ3v) is 6.13. The second-order valence-corrected chi connectivity index (χ2v) is 8.14. The van der Waals surface area contributed by atoms with Gasteiger partial charge in [-0.1, -0.05) is 24.3 Å². The molecule has 1 N–H and O–H groups in total. The molecule has 0 spiro atoms. The molecule has 5 nitrogen and oxygen atoms in total. The maximum absolute atomic E-state index is 14.4. The highest BCUT2D eigenvalue weighted by Crippen LogP contribution is 2.33. The minimum atomic E-state index is -3.32. The van der Waals surface area contributed by atoms with Gasteiger partial charge < -0.3 is 5.11 Å². The Labute approximate surface area is 145 Å². The van der Waals surface area contributed by atoms with Gasteiger partial charge in [0.25, 0.3) is 0 Å². The van der Waals surface area contributed by atoms with Gasteiger partial charge in [0.05, 0.1) is 17.9 Å². The number of aliphatic carboxylic acids is 1. The van der Waals surface area contributed by atoms with E-state index in [-0.39, 0.29) is 12.2 Å².